The lowest BCUT2D eigenvalue weighted by atomic mass is 10.1. The van der Waals surface area contributed by atoms with Crippen LogP contribution in [-0.2, 0) is 12.7 Å². The molecule has 2 aromatic heterocycles. The Kier molecular flexibility index (Phi) is 5.11. The maximum atomic E-state index is 12.7. The normalized spacial score (nSPS) is 11.8. The first kappa shape index (κ1) is 20.2. The first-order valence-electron chi connectivity index (χ1n) is 9.40. The van der Waals surface area contributed by atoms with Crippen molar-refractivity contribution in [3.63, 3.8) is 0 Å². The van der Waals surface area contributed by atoms with Crippen LogP contribution < -0.4 is 10.6 Å². The molecule has 0 atom stereocenters. The average molecular weight is 428 g/mol. The summed E-state index contributed by atoms with van der Waals surface area (Å²) >= 11 is 5.33. The lowest BCUT2D eigenvalue weighted by Gasteiger charge is -2.12. The van der Waals surface area contributed by atoms with E-state index < -0.39 is 11.7 Å². The highest BCUT2D eigenvalue weighted by molar-refractivity contribution is 7.80. The van der Waals surface area contributed by atoms with Gasteiger partial charge in [0.2, 0.25) is 0 Å². The van der Waals surface area contributed by atoms with E-state index in [1.54, 1.807) is 6.20 Å². The van der Waals surface area contributed by atoms with Gasteiger partial charge in [-0.2, -0.15) is 13.2 Å². The number of aryl methyl sites for hydroxylation is 2. The number of fused-ring (bicyclic) bond motifs is 3. The molecule has 0 saturated heterocycles. The molecule has 4 rings (SSSR count). The van der Waals surface area contributed by atoms with Crippen LogP contribution in [0.3, 0.4) is 0 Å². The maximum absolute atomic E-state index is 12.7. The first-order valence-corrected chi connectivity index (χ1v) is 9.81. The number of halogens is 3. The van der Waals surface area contributed by atoms with Gasteiger partial charge in [-0.3, -0.25) is 4.98 Å². The second-order valence-corrected chi connectivity index (χ2v) is 7.33. The molecule has 4 nitrogen and oxygen atoms in total. The smallest absolute Gasteiger partial charge is 0.339 e. The molecule has 0 aliphatic carbocycles. The second-order valence-electron chi connectivity index (χ2n) is 6.92. The van der Waals surface area contributed by atoms with Crippen molar-refractivity contribution in [1.82, 2.24) is 9.55 Å². The molecule has 2 aromatic carbocycles. The second kappa shape index (κ2) is 7.60. The summed E-state index contributed by atoms with van der Waals surface area (Å²) in [5.41, 5.74) is 3.75. The van der Waals surface area contributed by atoms with E-state index in [1.165, 1.54) is 12.1 Å². The van der Waals surface area contributed by atoms with Crippen LogP contribution in [0.15, 0.2) is 54.7 Å². The van der Waals surface area contributed by atoms with E-state index in [1.807, 2.05) is 31.2 Å². The standard InChI is InChI=1S/C22H19F3N4S/c1-3-29-19-9-8-16(12-18(19)17-10-11-26-13(2)20(17)29)28-21(30)27-15-6-4-14(5-7-15)22(23,24)25/h4-12H,3H2,1-2H3,(H2,27,28,30). The number of benzene rings is 2. The summed E-state index contributed by atoms with van der Waals surface area (Å²) in [6, 6.07) is 12.7. The van der Waals surface area contributed by atoms with Crippen LogP contribution >= 0.6 is 12.2 Å². The number of hydrogen-bond acceptors (Lipinski definition) is 2. The molecule has 0 spiro atoms. The molecular weight excluding hydrogens is 409 g/mol. The summed E-state index contributed by atoms with van der Waals surface area (Å²) < 4.78 is 40.3. The van der Waals surface area contributed by atoms with Crippen molar-refractivity contribution < 1.29 is 13.2 Å². The Morgan fingerprint density at radius 3 is 2.33 bits per heavy atom. The quantitative estimate of drug-likeness (QED) is 0.373. The highest BCUT2D eigenvalue weighted by Crippen LogP contribution is 2.32. The fraction of sp³-hybridized carbons (Fsp3) is 0.182. The van der Waals surface area contributed by atoms with Gasteiger partial charge in [-0.15, -0.1) is 0 Å². The van der Waals surface area contributed by atoms with Crippen molar-refractivity contribution in [2.75, 3.05) is 10.6 Å². The molecule has 0 aliphatic rings. The van der Waals surface area contributed by atoms with Crippen LogP contribution in [0.2, 0.25) is 0 Å². The van der Waals surface area contributed by atoms with Crippen molar-refractivity contribution in [2.24, 2.45) is 0 Å². The van der Waals surface area contributed by atoms with Crippen LogP contribution in [0.5, 0.6) is 0 Å². The number of thiocarbonyl (C=S) groups is 1. The zero-order chi connectivity index (χ0) is 21.5. The number of anilines is 2. The van der Waals surface area contributed by atoms with Gasteiger partial charge in [-0.25, -0.2) is 0 Å². The van der Waals surface area contributed by atoms with E-state index in [9.17, 15) is 13.2 Å². The van der Waals surface area contributed by atoms with Crippen molar-refractivity contribution in [3.05, 3.63) is 66.0 Å². The van der Waals surface area contributed by atoms with E-state index in [2.05, 4.69) is 27.1 Å². The number of nitrogens with zero attached hydrogens (tertiary/aromatic N) is 2. The number of nitrogens with one attached hydrogen (secondary N) is 2. The Morgan fingerprint density at radius 2 is 1.67 bits per heavy atom. The molecule has 8 heteroatoms. The zero-order valence-corrected chi connectivity index (χ0v) is 17.2. The third-order valence-electron chi connectivity index (χ3n) is 5.00. The monoisotopic (exact) mass is 428 g/mol. The maximum Gasteiger partial charge on any atom is 0.416 e. The predicted octanol–water partition coefficient (Wildman–Crippen LogP) is 6.35. The highest BCUT2D eigenvalue weighted by atomic mass is 32.1. The molecule has 4 aromatic rings. The SMILES string of the molecule is CCn1c2ccc(NC(=S)Nc3ccc(C(F)(F)F)cc3)cc2c2ccnc(C)c21. The van der Waals surface area contributed by atoms with Gasteiger partial charge in [0.1, 0.15) is 0 Å². The fourth-order valence-electron chi connectivity index (χ4n) is 3.67. The fourth-order valence-corrected chi connectivity index (χ4v) is 3.90. The largest absolute Gasteiger partial charge is 0.416 e. The Morgan fingerprint density at radius 1 is 1.00 bits per heavy atom. The summed E-state index contributed by atoms with van der Waals surface area (Å²) in [4.78, 5) is 4.41. The molecule has 2 N–H and O–H groups in total. The Hall–Kier alpha value is -3.13. The number of hydrogen-bond donors (Lipinski definition) is 2. The van der Waals surface area contributed by atoms with Crippen LogP contribution in [0, 0.1) is 6.92 Å². The van der Waals surface area contributed by atoms with Gasteiger partial charge >= 0.3 is 6.18 Å². The molecule has 30 heavy (non-hydrogen) atoms. The van der Waals surface area contributed by atoms with E-state index in [4.69, 9.17) is 12.2 Å². The average Bonchev–Trinajstić information content (AvgIpc) is 3.02. The molecular formula is C22H19F3N4S. The summed E-state index contributed by atoms with van der Waals surface area (Å²) in [6.45, 7) is 4.92. The third-order valence-corrected chi connectivity index (χ3v) is 5.20. The number of alkyl halides is 3. The van der Waals surface area contributed by atoms with Gasteiger partial charge < -0.3 is 15.2 Å². The molecule has 0 saturated carbocycles. The number of rotatable bonds is 3. The van der Waals surface area contributed by atoms with Gasteiger partial charge in [0.05, 0.1) is 16.8 Å². The minimum Gasteiger partial charge on any atom is -0.339 e. The molecule has 2 heterocycles. The topological polar surface area (TPSA) is 41.9 Å². The molecule has 0 fully saturated rings. The third kappa shape index (κ3) is 3.70. The van der Waals surface area contributed by atoms with Crippen molar-refractivity contribution in [1.29, 1.82) is 0 Å². The minimum absolute atomic E-state index is 0.297. The molecule has 0 unspecified atom stereocenters. The van der Waals surface area contributed by atoms with Crippen molar-refractivity contribution in [2.45, 2.75) is 26.6 Å². The van der Waals surface area contributed by atoms with Gasteiger partial charge in [0, 0.05) is 40.4 Å². The van der Waals surface area contributed by atoms with Crippen LogP contribution in [0.4, 0.5) is 24.5 Å². The molecule has 0 bridgehead atoms. The van der Waals surface area contributed by atoms with Gasteiger partial charge in [-0.05, 0) is 74.6 Å². The Bertz CT molecular complexity index is 1240. The lowest BCUT2D eigenvalue weighted by molar-refractivity contribution is -0.137. The van der Waals surface area contributed by atoms with Crippen molar-refractivity contribution >= 4 is 50.5 Å². The molecule has 0 aliphatic heterocycles. The summed E-state index contributed by atoms with van der Waals surface area (Å²) in [5.74, 6) is 0. The molecule has 0 radical (unpaired) electrons. The summed E-state index contributed by atoms with van der Waals surface area (Å²) in [6.07, 6.45) is -2.56. The van der Waals surface area contributed by atoms with Crippen LogP contribution in [0.25, 0.3) is 21.8 Å². The summed E-state index contributed by atoms with van der Waals surface area (Å²) in [7, 11) is 0. The van der Waals surface area contributed by atoms with Gasteiger partial charge in [-0.1, -0.05) is 0 Å². The number of aromatic nitrogens is 2. The van der Waals surface area contributed by atoms with Crippen LogP contribution in [-0.4, -0.2) is 14.7 Å². The Balaban J connectivity index is 1.59. The van der Waals surface area contributed by atoms with E-state index in [0.29, 0.717) is 10.8 Å². The number of pyridine rings is 1. The van der Waals surface area contributed by atoms with E-state index in [-0.39, 0.29) is 0 Å². The van der Waals surface area contributed by atoms with E-state index in [0.717, 1.165) is 51.9 Å². The van der Waals surface area contributed by atoms with Crippen LogP contribution in [0.1, 0.15) is 18.2 Å². The lowest BCUT2D eigenvalue weighted by Crippen LogP contribution is -2.19. The highest BCUT2D eigenvalue weighted by Gasteiger charge is 2.29. The van der Waals surface area contributed by atoms with Gasteiger partial charge in [0.15, 0.2) is 5.11 Å². The molecule has 0 amide bonds. The first-order chi connectivity index (χ1) is 14.3. The Labute approximate surface area is 176 Å². The van der Waals surface area contributed by atoms with E-state index >= 15 is 0 Å². The summed E-state index contributed by atoms with van der Waals surface area (Å²) in [5, 5.41) is 8.52. The van der Waals surface area contributed by atoms with Crippen molar-refractivity contribution in [3.8, 4) is 0 Å². The zero-order valence-electron chi connectivity index (χ0n) is 16.3. The molecule has 154 valence electrons. The minimum atomic E-state index is -4.36. The van der Waals surface area contributed by atoms with Gasteiger partial charge in [0.25, 0.3) is 0 Å². The predicted molar refractivity (Wildman–Crippen MR) is 119 cm³/mol.